The second kappa shape index (κ2) is 7.08. The van der Waals surface area contributed by atoms with Gasteiger partial charge in [0.2, 0.25) is 0 Å². The van der Waals surface area contributed by atoms with Crippen LogP contribution in [0, 0.1) is 12.3 Å². The maximum Gasteiger partial charge on any atom is 0.296 e. The summed E-state index contributed by atoms with van der Waals surface area (Å²) in [6, 6.07) is 6.61. The normalized spacial score (nSPS) is 19.2. The molecule has 1 fully saturated rings. The van der Waals surface area contributed by atoms with Crippen LogP contribution >= 0.6 is 0 Å². The van der Waals surface area contributed by atoms with Gasteiger partial charge in [0.1, 0.15) is 0 Å². The first-order valence-corrected chi connectivity index (χ1v) is 8.89. The zero-order chi connectivity index (χ0) is 16.2. The monoisotopic (exact) mass is 328 g/mol. The van der Waals surface area contributed by atoms with Crippen LogP contribution in [0.4, 0.5) is 0 Å². The Hall–Kier alpha value is -0.950. The summed E-state index contributed by atoms with van der Waals surface area (Å²) in [4.78, 5) is 0.185. The summed E-state index contributed by atoms with van der Waals surface area (Å²) in [7, 11) is -3.68. The van der Waals surface area contributed by atoms with Gasteiger partial charge in [0.25, 0.3) is 10.1 Å². The van der Waals surface area contributed by atoms with Gasteiger partial charge in [-0.3, -0.25) is 4.18 Å². The number of benzene rings is 1. The Bertz CT molecular complexity index is 567. The molecule has 124 valence electrons. The van der Waals surface area contributed by atoms with Gasteiger partial charge in [0, 0.05) is 11.8 Å². The predicted octanol–water partition coefficient (Wildman–Crippen LogP) is 2.88. The highest BCUT2D eigenvalue weighted by molar-refractivity contribution is 7.86. The van der Waals surface area contributed by atoms with Crippen LogP contribution < -0.4 is 0 Å². The van der Waals surface area contributed by atoms with E-state index in [2.05, 4.69) is 13.8 Å². The van der Waals surface area contributed by atoms with Crippen molar-refractivity contribution in [2.45, 2.75) is 44.8 Å². The molecular weight excluding hydrogens is 304 g/mol. The minimum absolute atomic E-state index is 0.0434. The molecule has 5 nitrogen and oxygen atoms in total. The quantitative estimate of drug-likeness (QED) is 0.593. The topological polar surface area (TPSA) is 61.8 Å². The highest BCUT2D eigenvalue weighted by Crippen LogP contribution is 2.24. The number of hydrogen-bond donors (Lipinski definition) is 0. The van der Waals surface area contributed by atoms with Crippen LogP contribution in [0.3, 0.4) is 0 Å². The van der Waals surface area contributed by atoms with Crippen molar-refractivity contribution in [3.8, 4) is 0 Å². The summed E-state index contributed by atoms with van der Waals surface area (Å²) in [5, 5.41) is 0. The van der Waals surface area contributed by atoms with Crippen LogP contribution in [-0.4, -0.2) is 34.5 Å². The lowest BCUT2D eigenvalue weighted by Crippen LogP contribution is -2.37. The summed E-state index contributed by atoms with van der Waals surface area (Å²) in [6.45, 7) is 7.51. The van der Waals surface area contributed by atoms with Crippen LogP contribution in [0.1, 0.15) is 32.3 Å². The third-order valence-corrected chi connectivity index (χ3v) is 4.78. The molecule has 1 aromatic carbocycles. The highest BCUT2D eigenvalue weighted by Gasteiger charge is 2.28. The van der Waals surface area contributed by atoms with Gasteiger partial charge < -0.3 is 9.47 Å². The molecule has 0 atom stereocenters. The zero-order valence-corrected chi connectivity index (χ0v) is 14.2. The van der Waals surface area contributed by atoms with E-state index < -0.39 is 10.1 Å². The number of aryl methyl sites for hydroxylation is 1. The van der Waals surface area contributed by atoms with E-state index in [0.29, 0.717) is 26.1 Å². The summed E-state index contributed by atoms with van der Waals surface area (Å²) in [5.74, 6) is 0. The third kappa shape index (κ3) is 5.05. The van der Waals surface area contributed by atoms with Crippen molar-refractivity contribution >= 4 is 10.1 Å². The van der Waals surface area contributed by atoms with Crippen molar-refractivity contribution in [2.24, 2.45) is 5.41 Å². The Morgan fingerprint density at radius 3 is 2.36 bits per heavy atom. The average Bonchev–Trinajstić information content (AvgIpc) is 2.45. The zero-order valence-electron chi connectivity index (χ0n) is 13.4. The van der Waals surface area contributed by atoms with Gasteiger partial charge >= 0.3 is 0 Å². The third-order valence-electron chi connectivity index (χ3n) is 3.45. The van der Waals surface area contributed by atoms with Crippen molar-refractivity contribution in [2.75, 3.05) is 19.8 Å². The van der Waals surface area contributed by atoms with Crippen LogP contribution in [0.2, 0.25) is 0 Å². The molecule has 1 saturated heterocycles. The molecule has 0 amide bonds. The molecule has 0 radical (unpaired) electrons. The van der Waals surface area contributed by atoms with Gasteiger partial charge in [-0.05, 0) is 25.5 Å². The predicted molar refractivity (Wildman–Crippen MR) is 83.0 cm³/mol. The second-order valence-corrected chi connectivity index (χ2v) is 8.06. The fraction of sp³-hybridized carbons (Fsp3) is 0.625. The van der Waals surface area contributed by atoms with Crippen LogP contribution in [0.5, 0.6) is 0 Å². The summed E-state index contributed by atoms with van der Waals surface area (Å²) < 4.78 is 40.2. The Balaban J connectivity index is 1.73. The lowest BCUT2D eigenvalue weighted by molar-refractivity contribution is -0.224. The average molecular weight is 328 g/mol. The lowest BCUT2D eigenvalue weighted by Gasteiger charge is -2.34. The van der Waals surface area contributed by atoms with Crippen LogP contribution in [0.25, 0.3) is 0 Å². The van der Waals surface area contributed by atoms with Gasteiger partial charge in [-0.15, -0.1) is 0 Å². The van der Waals surface area contributed by atoms with Crippen LogP contribution in [-0.2, 0) is 23.8 Å². The second-order valence-electron chi connectivity index (χ2n) is 6.45. The molecule has 1 heterocycles. The van der Waals surface area contributed by atoms with Gasteiger partial charge in [-0.25, -0.2) is 0 Å². The Morgan fingerprint density at radius 1 is 1.18 bits per heavy atom. The molecule has 2 rings (SSSR count). The van der Waals surface area contributed by atoms with Crippen molar-refractivity contribution in [3.05, 3.63) is 29.8 Å². The number of hydrogen-bond acceptors (Lipinski definition) is 5. The van der Waals surface area contributed by atoms with E-state index in [1.807, 2.05) is 6.92 Å². The molecule has 0 aliphatic carbocycles. The number of ether oxygens (including phenoxy) is 2. The first kappa shape index (κ1) is 17.4. The van der Waals surface area contributed by atoms with Crippen LogP contribution in [0.15, 0.2) is 29.2 Å². The van der Waals surface area contributed by atoms with Gasteiger partial charge in [-0.2, -0.15) is 8.42 Å². The minimum atomic E-state index is -3.68. The lowest BCUT2D eigenvalue weighted by atomic mass is 9.95. The molecule has 0 saturated carbocycles. The Labute approximate surface area is 132 Å². The molecule has 0 unspecified atom stereocenters. The molecule has 1 aromatic rings. The molecule has 6 heteroatoms. The van der Waals surface area contributed by atoms with E-state index in [1.165, 1.54) is 0 Å². The summed E-state index contributed by atoms with van der Waals surface area (Å²) in [5.41, 5.74) is 1.05. The fourth-order valence-electron chi connectivity index (χ4n) is 2.09. The van der Waals surface area contributed by atoms with Gasteiger partial charge in [-0.1, -0.05) is 31.5 Å². The molecule has 22 heavy (non-hydrogen) atoms. The van der Waals surface area contributed by atoms with Crippen molar-refractivity contribution in [3.63, 3.8) is 0 Å². The molecule has 1 aliphatic rings. The Kier molecular flexibility index (Phi) is 5.60. The maximum atomic E-state index is 12.0. The molecule has 1 aliphatic heterocycles. The summed E-state index contributed by atoms with van der Waals surface area (Å²) >= 11 is 0. The van der Waals surface area contributed by atoms with Crippen molar-refractivity contribution < 1.29 is 22.1 Å². The van der Waals surface area contributed by atoms with E-state index >= 15 is 0 Å². The van der Waals surface area contributed by atoms with Gasteiger partial charge in [0.05, 0.1) is 24.7 Å². The molecular formula is C16H24O5S. The van der Waals surface area contributed by atoms with Crippen molar-refractivity contribution in [1.82, 2.24) is 0 Å². The number of rotatable bonds is 6. The molecule has 0 spiro atoms. The smallest absolute Gasteiger partial charge is 0.296 e. The minimum Gasteiger partial charge on any atom is -0.352 e. The molecule has 0 N–H and O–H groups in total. The maximum absolute atomic E-state index is 12.0. The van der Waals surface area contributed by atoms with E-state index in [-0.39, 0.29) is 23.2 Å². The van der Waals surface area contributed by atoms with E-state index in [0.717, 1.165) is 5.56 Å². The SMILES string of the molecule is Cc1ccc(S(=O)(=O)OCCCC2OCC(C)(C)CO2)cc1. The van der Waals surface area contributed by atoms with Gasteiger partial charge in [0.15, 0.2) is 6.29 Å². The molecule has 0 aromatic heterocycles. The Morgan fingerprint density at radius 2 is 1.77 bits per heavy atom. The molecule has 0 bridgehead atoms. The summed E-state index contributed by atoms with van der Waals surface area (Å²) in [6.07, 6.45) is 0.925. The highest BCUT2D eigenvalue weighted by atomic mass is 32.2. The first-order valence-electron chi connectivity index (χ1n) is 7.48. The largest absolute Gasteiger partial charge is 0.352 e. The fourth-order valence-corrected chi connectivity index (χ4v) is 3.03. The van der Waals surface area contributed by atoms with Crippen molar-refractivity contribution in [1.29, 1.82) is 0 Å². The van der Waals surface area contributed by atoms with E-state index in [1.54, 1.807) is 24.3 Å². The first-order chi connectivity index (χ1) is 10.3. The standard InChI is InChI=1S/C16H24O5S/c1-13-6-8-14(9-7-13)22(17,18)21-10-4-5-15-19-11-16(2,3)12-20-15/h6-9,15H,4-5,10-12H2,1-3H3. The van der Waals surface area contributed by atoms with E-state index in [9.17, 15) is 8.42 Å². The van der Waals surface area contributed by atoms with E-state index in [4.69, 9.17) is 13.7 Å².